The number of hydrogen-bond donors (Lipinski definition) is 2. The molecule has 1 aromatic rings. The van der Waals surface area contributed by atoms with Gasteiger partial charge in [-0.15, -0.1) is 0 Å². The van der Waals surface area contributed by atoms with Gasteiger partial charge in [-0.25, -0.2) is 4.79 Å². The lowest BCUT2D eigenvalue weighted by Gasteiger charge is -1.97. The number of carbonyl (C=O) groups is 1. The van der Waals surface area contributed by atoms with Crippen LogP contribution in [0.2, 0.25) is 5.02 Å². The van der Waals surface area contributed by atoms with Crippen molar-refractivity contribution >= 4 is 17.6 Å². The Kier molecular flexibility index (Phi) is 3.57. The fraction of sp³-hybridized carbons (Fsp3) is 0.125. The summed E-state index contributed by atoms with van der Waals surface area (Å²) in [6.07, 6.45) is 0. The molecular formula is C8H9ClO3. The highest BCUT2D eigenvalue weighted by atomic mass is 35.5. The molecule has 0 aromatic heterocycles. The van der Waals surface area contributed by atoms with Crippen LogP contribution in [0.5, 0.6) is 5.75 Å². The van der Waals surface area contributed by atoms with Crippen LogP contribution in [0.15, 0.2) is 18.2 Å². The molecule has 0 aliphatic carbocycles. The van der Waals surface area contributed by atoms with E-state index in [9.17, 15) is 4.79 Å². The summed E-state index contributed by atoms with van der Waals surface area (Å²) in [4.78, 5) is 10.4. The first-order valence-electron chi connectivity index (χ1n) is 2.83. The lowest BCUT2D eigenvalue weighted by Crippen LogP contribution is -1.96. The van der Waals surface area contributed by atoms with Crippen LogP contribution in [-0.2, 0) is 0 Å². The van der Waals surface area contributed by atoms with E-state index in [4.69, 9.17) is 21.8 Å². The molecule has 0 saturated heterocycles. The molecule has 2 N–H and O–H groups in total. The maximum atomic E-state index is 10.4. The van der Waals surface area contributed by atoms with Crippen LogP contribution in [0.1, 0.15) is 17.8 Å². The maximum absolute atomic E-state index is 10.4. The van der Waals surface area contributed by atoms with E-state index in [0.29, 0.717) is 0 Å². The van der Waals surface area contributed by atoms with Crippen LogP contribution in [0.4, 0.5) is 0 Å². The first-order valence-corrected chi connectivity index (χ1v) is 3.21. The first kappa shape index (κ1) is 10.8. The van der Waals surface area contributed by atoms with Gasteiger partial charge in [-0.1, -0.05) is 19.0 Å². The van der Waals surface area contributed by atoms with Crippen molar-refractivity contribution in [3.05, 3.63) is 28.8 Å². The van der Waals surface area contributed by atoms with Crippen molar-refractivity contribution in [2.75, 3.05) is 0 Å². The van der Waals surface area contributed by atoms with Crippen molar-refractivity contribution in [3.8, 4) is 5.75 Å². The van der Waals surface area contributed by atoms with E-state index in [-0.39, 0.29) is 23.8 Å². The zero-order valence-corrected chi connectivity index (χ0v) is 6.17. The normalized spacial score (nSPS) is 8.75. The molecule has 0 saturated carbocycles. The summed E-state index contributed by atoms with van der Waals surface area (Å²) in [5.41, 5.74) is -0.00975. The summed E-state index contributed by atoms with van der Waals surface area (Å²) in [5.74, 6) is -1.14. The Hall–Kier alpha value is -1.22. The number of hydrogen-bond acceptors (Lipinski definition) is 2. The second kappa shape index (κ2) is 3.97. The molecule has 1 aromatic carbocycles. The predicted molar refractivity (Wildman–Crippen MR) is 46.8 cm³/mol. The fourth-order valence-electron chi connectivity index (χ4n) is 0.677. The fourth-order valence-corrected chi connectivity index (χ4v) is 0.933. The van der Waals surface area contributed by atoms with Gasteiger partial charge in [0.1, 0.15) is 5.75 Å². The van der Waals surface area contributed by atoms with Gasteiger partial charge in [0.15, 0.2) is 0 Å². The van der Waals surface area contributed by atoms with Crippen molar-refractivity contribution in [1.29, 1.82) is 0 Å². The third kappa shape index (κ3) is 2.13. The number of carboxylic acid groups (broad SMARTS) is 1. The molecule has 0 bridgehead atoms. The Bertz CT molecular complexity index is 296. The van der Waals surface area contributed by atoms with Gasteiger partial charge in [0, 0.05) is 0 Å². The molecule has 0 spiro atoms. The van der Waals surface area contributed by atoms with Crippen LogP contribution in [0.3, 0.4) is 0 Å². The van der Waals surface area contributed by atoms with Gasteiger partial charge in [-0.2, -0.15) is 0 Å². The average molecular weight is 189 g/mol. The Labute approximate surface area is 75.2 Å². The molecule has 4 heteroatoms. The molecule has 0 aliphatic heterocycles. The minimum atomic E-state index is -1.10. The van der Waals surface area contributed by atoms with E-state index < -0.39 is 5.97 Å². The number of phenols is 1. The third-order valence-electron chi connectivity index (χ3n) is 1.18. The lowest BCUT2D eigenvalue weighted by molar-refractivity contribution is 0.0697. The van der Waals surface area contributed by atoms with Crippen LogP contribution < -0.4 is 0 Å². The van der Waals surface area contributed by atoms with Crippen LogP contribution in [-0.4, -0.2) is 16.2 Å². The van der Waals surface area contributed by atoms with Gasteiger partial charge >= 0.3 is 5.97 Å². The SMILES string of the molecule is C.O=C(O)c1ccc(O)cc1Cl. The minimum absolute atomic E-state index is 0. The van der Waals surface area contributed by atoms with Gasteiger partial charge < -0.3 is 10.2 Å². The molecular weight excluding hydrogens is 180 g/mol. The van der Waals surface area contributed by atoms with Crippen molar-refractivity contribution < 1.29 is 15.0 Å². The summed E-state index contributed by atoms with van der Waals surface area (Å²) in [7, 11) is 0. The van der Waals surface area contributed by atoms with Crippen LogP contribution in [0.25, 0.3) is 0 Å². The Morgan fingerprint density at radius 3 is 2.42 bits per heavy atom. The summed E-state index contributed by atoms with van der Waals surface area (Å²) >= 11 is 5.48. The van der Waals surface area contributed by atoms with Crippen molar-refractivity contribution in [2.24, 2.45) is 0 Å². The third-order valence-corrected chi connectivity index (χ3v) is 1.50. The predicted octanol–water partition coefficient (Wildman–Crippen LogP) is 2.38. The average Bonchev–Trinajstić information content (AvgIpc) is 1.85. The Morgan fingerprint density at radius 1 is 1.42 bits per heavy atom. The number of phenolic OH excluding ortho intramolecular Hbond substituents is 1. The zero-order chi connectivity index (χ0) is 8.43. The van der Waals surface area contributed by atoms with E-state index in [1.54, 1.807) is 0 Å². The standard InChI is InChI=1S/C7H5ClO3.CH4/c8-6-3-4(9)1-2-5(6)7(10)11;/h1-3,9H,(H,10,11);1H4. The molecule has 0 radical (unpaired) electrons. The zero-order valence-electron chi connectivity index (χ0n) is 5.41. The van der Waals surface area contributed by atoms with Crippen molar-refractivity contribution in [3.63, 3.8) is 0 Å². The van der Waals surface area contributed by atoms with Crippen LogP contribution in [0, 0.1) is 0 Å². The topological polar surface area (TPSA) is 57.5 Å². The van der Waals surface area contributed by atoms with E-state index in [1.165, 1.54) is 18.2 Å². The highest BCUT2D eigenvalue weighted by Gasteiger charge is 2.07. The van der Waals surface area contributed by atoms with Gasteiger partial charge in [-0.05, 0) is 18.2 Å². The summed E-state index contributed by atoms with van der Waals surface area (Å²) in [6.45, 7) is 0. The molecule has 0 atom stereocenters. The van der Waals surface area contributed by atoms with Gasteiger partial charge in [0.2, 0.25) is 0 Å². The van der Waals surface area contributed by atoms with Gasteiger partial charge in [0.05, 0.1) is 10.6 Å². The van der Waals surface area contributed by atoms with Crippen molar-refractivity contribution in [1.82, 2.24) is 0 Å². The highest BCUT2D eigenvalue weighted by molar-refractivity contribution is 6.33. The molecule has 0 aliphatic rings. The summed E-state index contributed by atoms with van der Waals surface area (Å²) in [6, 6.07) is 3.71. The van der Waals surface area contributed by atoms with Gasteiger partial charge in [0.25, 0.3) is 0 Å². The quantitative estimate of drug-likeness (QED) is 0.712. The smallest absolute Gasteiger partial charge is 0.337 e. The second-order valence-corrected chi connectivity index (χ2v) is 2.38. The first-order chi connectivity index (χ1) is 5.11. The number of carboxylic acids is 1. The molecule has 0 unspecified atom stereocenters. The van der Waals surface area contributed by atoms with E-state index in [2.05, 4.69) is 0 Å². The van der Waals surface area contributed by atoms with Crippen molar-refractivity contribution in [2.45, 2.75) is 7.43 Å². The Morgan fingerprint density at radius 2 is 2.00 bits per heavy atom. The molecule has 0 heterocycles. The van der Waals surface area contributed by atoms with E-state index in [0.717, 1.165) is 0 Å². The number of rotatable bonds is 1. The lowest BCUT2D eigenvalue weighted by atomic mass is 10.2. The molecule has 1 rings (SSSR count). The number of aromatic hydroxyl groups is 1. The van der Waals surface area contributed by atoms with E-state index >= 15 is 0 Å². The number of halogens is 1. The molecule has 0 fully saturated rings. The number of benzene rings is 1. The maximum Gasteiger partial charge on any atom is 0.337 e. The van der Waals surface area contributed by atoms with E-state index in [1.807, 2.05) is 0 Å². The number of aromatic carboxylic acids is 1. The second-order valence-electron chi connectivity index (χ2n) is 1.97. The highest BCUT2D eigenvalue weighted by Crippen LogP contribution is 2.20. The van der Waals surface area contributed by atoms with Crippen LogP contribution >= 0.6 is 11.6 Å². The Balaban J connectivity index is 0.00000121. The molecule has 66 valence electrons. The largest absolute Gasteiger partial charge is 0.508 e. The minimum Gasteiger partial charge on any atom is -0.508 e. The van der Waals surface area contributed by atoms with Gasteiger partial charge in [-0.3, -0.25) is 0 Å². The molecule has 3 nitrogen and oxygen atoms in total. The summed E-state index contributed by atoms with van der Waals surface area (Å²) < 4.78 is 0. The molecule has 12 heavy (non-hydrogen) atoms. The molecule has 0 amide bonds. The monoisotopic (exact) mass is 188 g/mol. The summed E-state index contributed by atoms with van der Waals surface area (Å²) in [5, 5.41) is 17.4.